The van der Waals surface area contributed by atoms with E-state index in [-0.39, 0.29) is 16.9 Å². The molecule has 0 aliphatic carbocycles. The van der Waals surface area contributed by atoms with Crippen LogP contribution in [0.1, 0.15) is 0 Å². The van der Waals surface area contributed by atoms with E-state index in [2.05, 4.69) is 0 Å². The van der Waals surface area contributed by atoms with E-state index in [1.165, 1.54) is 26.4 Å². The smallest absolute Gasteiger partial charge is 0.197 e. The molecule has 1 heterocycles. The molecule has 1 aromatic heterocycles. The first-order valence-electron chi connectivity index (χ1n) is 6.63. The number of ether oxygens (including phenoxy) is 2. The van der Waals surface area contributed by atoms with E-state index >= 15 is 0 Å². The van der Waals surface area contributed by atoms with Crippen molar-refractivity contribution >= 4 is 11.0 Å². The quantitative estimate of drug-likeness (QED) is 0.804. The van der Waals surface area contributed by atoms with Gasteiger partial charge in [0.05, 0.1) is 14.2 Å². The van der Waals surface area contributed by atoms with Gasteiger partial charge in [0.15, 0.2) is 5.43 Å². The van der Waals surface area contributed by atoms with Gasteiger partial charge in [0, 0.05) is 6.07 Å². The van der Waals surface area contributed by atoms with Gasteiger partial charge in [-0.2, -0.15) is 0 Å². The summed E-state index contributed by atoms with van der Waals surface area (Å²) in [5.41, 5.74) is 0.470. The third-order valence-electron chi connectivity index (χ3n) is 3.41. The van der Waals surface area contributed by atoms with E-state index in [0.29, 0.717) is 28.0 Å². The summed E-state index contributed by atoms with van der Waals surface area (Å²) in [6.45, 7) is 0. The molecule has 0 radical (unpaired) electrons. The van der Waals surface area contributed by atoms with Crippen LogP contribution >= 0.6 is 0 Å². The standard InChI is InChI=1S/C17H14O5/c1-20-12-6-3-5-10(18)16(12)15-9-11(19)17-13(21-2)7-4-8-14(17)22-15/h3-9,18H,1-2H3. The molecule has 22 heavy (non-hydrogen) atoms. The number of aromatic hydroxyl groups is 1. The van der Waals surface area contributed by atoms with Crippen LogP contribution in [0, 0.1) is 0 Å². The molecule has 5 nitrogen and oxygen atoms in total. The molecule has 0 amide bonds. The zero-order chi connectivity index (χ0) is 15.7. The lowest BCUT2D eigenvalue weighted by atomic mass is 10.1. The summed E-state index contributed by atoms with van der Waals surface area (Å²) in [6, 6.07) is 11.3. The van der Waals surface area contributed by atoms with Gasteiger partial charge in [-0.25, -0.2) is 0 Å². The van der Waals surface area contributed by atoms with Crippen LogP contribution in [0.4, 0.5) is 0 Å². The van der Waals surface area contributed by atoms with Crippen molar-refractivity contribution in [1.29, 1.82) is 0 Å². The summed E-state index contributed by atoms with van der Waals surface area (Å²) in [6.07, 6.45) is 0. The Balaban J connectivity index is 2.33. The highest BCUT2D eigenvalue weighted by molar-refractivity contribution is 5.86. The minimum absolute atomic E-state index is 0.0234. The predicted molar refractivity (Wildman–Crippen MR) is 82.7 cm³/mol. The van der Waals surface area contributed by atoms with Crippen molar-refractivity contribution in [2.75, 3.05) is 14.2 Å². The third-order valence-corrected chi connectivity index (χ3v) is 3.41. The van der Waals surface area contributed by atoms with Crippen LogP contribution in [0.2, 0.25) is 0 Å². The summed E-state index contributed by atoms with van der Waals surface area (Å²) in [7, 11) is 2.98. The number of rotatable bonds is 3. The normalized spacial score (nSPS) is 10.6. The van der Waals surface area contributed by atoms with Crippen molar-refractivity contribution in [2.45, 2.75) is 0 Å². The SMILES string of the molecule is COc1cccc(O)c1-c1cc(=O)c2c(OC)cccc2o1. The molecule has 3 aromatic rings. The summed E-state index contributed by atoms with van der Waals surface area (Å²) >= 11 is 0. The maximum absolute atomic E-state index is 12.4. The molecule has 112 valence electrons. The summed E-state index contributed by atoms with van der Waals surface area (Å²) in [4.78, 5) is 12.4. The zero-order valence-electron chi connectivity index (χ0n) is 12.1. The van der Waals surface area contributed by atoms with Gasteiger partial charge < -0.3 is 19.0 Å². The number of phenols is 1. The van der Waals surface area contributed by atoms with Gasteiger partial charge >= 0.3 is 0 Å². The first-order valence-corrected chi connectivity index (χ1v) is 6.63. The summed E-state index contributed by atoms with van der Waals surface area (Å²) in [5, 5.41) is 10.4. The molecule has 5 heteroatoms. The number of hydrogen-bond acceptors (Lipinski definition) is 5. The van der Waals surface area contributed by atoms with Crippen molar-refractivity contribution in [3.05, 3.63) is 52.7 Å². The molecule has 3 rings (SSSR count). The van der Waals surface area contributed by atoms with Crippen LogP contribution in [0.3, 0.4) is 0 Å². The molecular formula is C17H14O5. The molecule has 0 saturated carbocycles. The Kier molecular flexibility index (Phi) is 3.47. The Labute approximate surface area is 126 Å². The van der Waals surface area contributed by atoms with Crippen LogP contribution in [0.5, 0.6) is 17.2 Å². The van der Waals surface area contributed by atoms with Gasteiger partial charge in [0.2, 0.25) is 0 Å². The highest BCUT2D eigenvalue weighted by Gasteiger charge is 2.17. The summed E-state index contributed by atoms with van der Waals surface area (Å²) in [5.74, 6) is 1.08. The average Bonchev–Trinajstić information content (AvgIpc) is 2.53. The fourth-order valence-electron chi connectivity index (χ4n) is 2.41. The number of fused-ring (bicyclic) bond motifs is 1. The molecule has 0 unspecified atom stereocenters. The molecule has 1 N–H and O–H groups in total. The molecular weight excluding hydrogens is 284 g/mol. The lowest BCUT2D eigenvalue weighted by Crippen LogP contribution is -2.03. The van der Waals surface area contributed by atoms with E-state index in [4.69, 9.17) is 13.9 Å². The molecule has 0 atom stereocenters. The minimum Gasteiger partial charge on any atom is -0.507 e. The number of methoxy groups -OCH3 is 2. The highest BCUT2D eigenvalue weighted by atomic mass is 16.5. The van der Waals surface area contributed by atoms with Crippen molar-refractivity contribution in [3.63, 3.8) is 0 Å². The van der Waals surface area contributed by atoms with E-state index in [9.17, 15) is 9.90 Å². The molecule has 0 aliphatic rings. The fourth-order valence-corrected chi connectivity index (χ4v) is 2.41. The second kappa shape index (κ2) is 5.44. The number of benzene rings is 2. The third kappa shape index (κ3) is 2.16. The summed E-state index contributed by atoms with van der Waals surface area (Å²) < 4.78 is 16.2. The Morgan fingerprint density at radius 3 is 2.41 bits per heavy atom. The molecule has 0 fully saturated rings. The van der Waals surface area contributed by atoms with Crippen LogP contribution < -0.4 is 14.9 Å². The number of phenolic OH excluding ortho intramolecular Hbond substituents is 1. The van der Waals surface area contributed by atoms with E-state index < -0.39 is 0 Å². The van der Waals surface area contributed by atoms with Crippen molar-refractivity contribution < 1.29 is 19.0 Å². The fraction of sp³-hybridized carbons (Fsp3) is 0.118. The first-order chi connectivity index (χ1) is 10.7. The Morgan fingerprint density at radius 1 is 1.00 bits per heavy atom. The largest absolute Gasteiger partial charge is 0.507 e. The maximum Gasteiger partial charge on any atom is 0.197 e. The lowest BCUT2D eigenvalue weighted by molar-refractivity contribution is 0.407. The Hall–Kier alpha value is -2.95. The zero-order valence-corrected chi connectivity index (χ0v) is 12.1. The molecule has 0 saturated heterocycles. The highest BCUT2D eigenvalue weighted by Crippen LogP contribution is 2.38. The average molecular weight is 298 g/mol. The van der Waals surface area contributed by atoms with E-state index in [1.807, 2.05) is 0 Å². The first kappa shape index (κ1) is 14.0. The van der Waals surface area contributed by atoms with E-state index in [1.54, 1.807) is 30.3 Å². The number of hydrogen-bond donors (Lipinski definition) is 1. The van der Waals surface area contributed by atoms with Gasteiger partial charge in [-0.3, -0.25) is 4.79 Å². The van der Waals surface area contributed by atoms with Crippen LogP contribution in [-0.4, -0.2) is 19.3 Å². The monoisotopic (exact) mass is 298 g/mol. The molecule has 2 aromatic carbocycles. The van der Waals surface area contributed by atoms with Crippen LogP contribution in [0.15, 0.2) is 51.7 Å². The van der Waals surface area contributed by atoms with E-state index in [0.717, 1.165) is 0 Å². The van der Waals surface area contributed by atoms with Gasteiger partial charge in [0.1, 0.15) is 39.5 Å². The predicted octanol–water partition coefficient (Wildman–Crippen LogP) is 3.18. The van der Waals surface area contributed by atoms with Crippen molar-refractivity contribution in [3.8, 4) is 28.6 Å². The molecule has 0 aliphatic heterocycles. The topological polar surface area (TPSA) is 68.9 Å². The van der Waals surface area contributed by atoms with Crippen LogP contribution in [-0.2, 0) is 0 Å². The second-order valence-electron chi connectivity index (χ2n) is 4.66. The van der Waals surface area contributed by atoms with Crippen molar-refractivity contribution in [1.82, 2.24) is 0 Å². The maximum atomic E-state index is 12.4. The van der Waals surface area contributed by atoms with Crippen LogP contribution in [0.25, 0.3) is 22.3 Å². The Bertz CT molecular complexity index is 895. The van der Waals surface area contributed by atoms with Gasteiger partial charge in [-0.05, 0) is 24.3 Å². The molecule has 0 spiro atoms. The Morgan fingerprint density at radius 2 is 1.68 bits per heavy atom. The van der Waals surface area contributed by atoms with Gasteiger partial charge in [-0.1, -0.05) is 12.1 Å². The van der Waals surface area contributed by atoms with Crippen molar-refractivity contribution in [2.24, 2.45) is 0 Å². The second-order valence-corrected chi connectivity index (χ2v) is 4.66. The molecule has 0 bridgehead atoms. The van der Waals surface area contributed by atoms with Gasteiger partial charge in [-0.15, -0.1) is 0 Å². The van der Waals surface area contributed by atoms with Gasteiger partial charge in [0.25, 0.3) is 0 Å². The minimum atomic E-state index is -0.251. The lowest BCUT2D eigenvalue weighted by Gasteiger charge is -2.11.